The van der Waals surface area contributed by atoms with E-state index in [1.165, 1.54) is 6.07 Å². The van der Waals surface area contributed by atoms with E-state index >= 15 is 0 Å². The van der Waals surface area contributed by atoms with Gasteiger partial charge in [0.25, 0.3) is 0 Å². The van der Waals surface area contributed by atoms with Crippen molar-refractivity contribution in [3.05, 3.63) is 34.1 Å². The number of rotatable bonds is 5. The fraction of sp³-hybridized carbons (Fsp3) is 0.500. The van der Waals surface area contributed by atoms with Crippen molar-refractivity contribution >= 4 is 28.3 Å². The summed E-state index contributed by atoms with van der Waals surface area (Å²) in [5.74, 6) is -0.206. The molecule has 4 heteroatoms. The Bertz CT molecular complexity index is 320. The fourth-order valence-electron chi connectivity index (χ4n) is 1.57. The zero-order valence-electron chi connectivity index (χ0n) is 9.38. The summed E-state index contributed by atoms with van der Waals surface area (Å²) in [6.45, 7) is 2.14. The van der Waals surface area contributed by atoms with Crippen molar-refractivity contribution in [2.45, 2.75) is 38.6 Å². The highest BCUT2D eigenvalue weighted by Crippen LogP contribution is 2.23. The SMILES string of the molecule is CCCCC[C@H](N)c1cc(Br)ccc1F.Cl. The Hall–Kier alpha value is -0.120. The molecular weight excluding hydrogens is 292 g/mol. The maximum Gasteiger partial charge on any atom is 0.128 e. The van der Waals surface area contributed by atoms with E-state index in [0.717, 1.165) is 30.2 Å². The molecule has 1 aromatic rings. The Morgan fingerprint density at radius 3 is 2.69 bits per heavy atom. The number of nitrogens with two attached hydrogens (primary N) is 1. The highest BCUT2D eigenvalue weighted by Gasteiger charge is 2.11. The normalized spacial score (nSPS) is 12.0. The van der Waals surface area contributed by atoms with Gasteiger partial charge in [-0.1, -0.05) is 42.1 Å². The van der Waals surface area contributed by atoms with E-state index in [1.54, 1.807) is 12.1 Å². The van der Waals surface area contributed by atoms with E-state index in [1.807, 2.05) is 0 Å². The Kier molecular flexibility index (Phi) is 7.98. The highest BCUT2D eigenvalue weighted by molar-refractivity contribution is 9.10. The van der Waals surface area contributed by atoms with Crippen molar-refractivity contribution in [1.29, 1.82) is 0 Å². The van der Waals surface area contributed by atoms with Gasteiger partial charge < -0.3 is 5.73 Å². The lowest BCUT2D eigenvalue weighted by Crippen LogP contribution is -2.12. The van der Waals surface area contributed by atoms with Crippen LogP contribution in [0.1, 0.15) is 44.2 Å². The minimum atomic E-state index is -0.206. The molecule has 0 saturated carbocycles. The van der Waals surface area contributed by atoms with Gasteiger partial charge in [-0.3, -0.25) is 0 Å². The van der Waals surface area contributed by atoms with Gasteiger partial charge in [-0.25, -0.2) is 4.39 Å². The van der Waals surface area contributed by atoms with Gasteiger partial charge in [-0.05, 0) is 24.6 Å². The molecular formula is C12H18BrClFN. The lowest BCUT2D eigenvalue weighted by atomic mass is 10.0. The Morgan fingerprint density at radius 2 is 2.06 bits per heavy atom. The van der Waals surface area contributed by atoms with Crippen LogP contribution < -0.4 is 5.73 Å². The quantitative estimate of drug-likeness (QED) is 0.791. The van der Waals surface area contributed by atoms with E-state index in [-0.39, 0.29) is 24.3 Å². The largest absolute Gasteiger partial charge is 0.324 e. The van der Waals surface area contributed by atoms with Crippen LogP contribution in [-0.2, 0) is 0 Å². The second-order valence-electron chi connectivity index (χ2n) is 3.77. The fourth-order valence-corrected chi connectivity index (χ4v) is 1.95. The molecule has 0 aromatic heterocycles. The minimum absolute atomic E-state index is 0. The van der Waals surface area contributed by atoms with Crippen LogP contribution in [0.5, 0.6) is 0 Å². The molecule has 1 aromatic carbocycles. The van der Waals surface area contributed by atoms with Crippen LogP contribution in [-0.4, -0.2) is 0 Å². The number of halogens is 3. The van der Waals surface area contributed by atoms with Gasteiger partial charge in [0.1, 0.15) is 5.82 Å². The first-order valence-corrected chi connectivity index (χ1v) is 6.15. The molecule has 0 radical (unpaired) electrons. The average molecular weight is 311 g/mol. The average Bonchev–Trinajstić information content (AvgIpc) is 2.22. The molecule has 0 aliphatic heterocycles. The van der Waals surface area contributed by atoms with Crippen molar-refractivity contribution in [2.75, 3.05) is 0 Å². The molecule has 0 amide bonds. The predicted molar refractivity (Wildman–Crippen MR) is 72.4 cm³/mol. The molecule has 0 fully saturated rings. The third-order valence-corrected chi connectivity index (χ3v) is 2.97. The smallest absolute Gasteiger partial charge is 0.128 e. The first kappa shape index (κ1) is 15.9. The maximum absolute atomic E-state index is 13.4. The Morgan fingerprint density at radius 1 is 1.38 bits per heavy atom. The van der Waals surface area contributed by atoms with Crippen LogP contribution in [0.4, 0.5) is 4.39 Å². The molecule has 0 aliphatic carbocycles. The molecule has 0 heterocycles. The molecule has 2 N–H and O–H groups in total. The van der Waals surface area contributed by atoms with Gasteiger partial charge >= 0.3 is 0 Å². The molecule has 1 rings (SSSR count). The van der Waals surface area contributed by atoms with Gasteiger partial charge in [0, 0.05) is 16.1 Å². The summed E-state index contributed by atoms with van der Waals surface area (Å²) in [5, 5.41) is 0. The van der Waals surface area contributed by atoms with E-state index in [9.17, 15) is 4.39 Å². The zero-order valence-corrected chi connectivity index (χ0v) is 11.8. The third-order valence-electron chi connectivity index (χ3n) is 2.48. The van der Waals surface area contributed by atoms with Crippen molar-refractivity contribution in [3.8, 4) is 0 Å². The lowest BCUT2D eigenvalue weighted by Gasteiger charge is -2.12. The van der Waals surface area contributed by atoms with Crippen molar-refractivity contribution in [3.63, 3.8) is 0 Å². The molecule has 1 atom stereocenters. The topological polar surface area (TPSA) is 26.0 Å². The highest BCUT2D eigenvalue weighted by atomic mass is 79.9. The van der Waals surface area contributed by atoms with Gasteiger partial charge in [-0.15, -0.1) is 12.4 Å². The predicted octanol–water partition coefficient (Wildman–Crippen LogP) is 4.59. The van der Waals surface area contributed by atoms with Crippen LogP contribution in [0.25, 0.3) is 0 Å². The standard InChI is InChI=1S/C12H17BrFN.ClH/c1-2-3-4-5-12(15)10-8-9(13)6-7-11(10)14;/h6-8,12H,2-5,15H2,1H3;1H/t12-;/m0./s1. The zero-order chi connectivity index (χ0) is 11.3. The molecule has 92 valence electrons. The van der Waals surface area contributed by atoms with Crippen LogP contribution in [0.3, 0.4) is 0 Å². The van der Waals surface area contributed by atoms with Gasteiger partial charge in [0.05, 0.1) is 0 Å². The molecule has 0 unspecified atom stereocenters. The second-order valence-corrected chi connectivity index (χ2v) is 4.68. The number of benzene rings is 1. The molecule has 16 heavy (non-hydrogen) atoms. The first-order valence-electron chi connectivity index (χ1n) is 5.35. The maximum atomic E-state index is 13.4. The van der Waals surface area contributed by atoms with Gasteiger partial charge in [0.15, 0.2) is 0 Å². The number of unbranched alkanes of at least 4 members (excludes halogenated alkanes) is 2. The van der Waals surface area contributed by atoms with Crippen LogP contribution in [0, 0.1) is 5.82 Å². The van der Waals surface area contributed by atoms with Crippen molar-refractivity contribution in [1.82, 2.24) is 0 Å². The summed E-state index contributed by atoms with van der Waals surface area (Å²) in [5.41, 5.74) is 6.56. The summed E-state index contributed by atoms with van der Waals surface area (Å²) >= 11 is 3.32. The van der Waals surface area contributed by atoms with Gasteiger partial charge in [0.2, 0.25) is 0 Å². The van der Waals surface area contributed by atoms with Crippen LogP contribution in [0.2, 0.25) is 0 Å². The van der Waals surface area contributed by atoms with E-state index in [0.29, 0.717) is 5.56 Å². The Labute approximate surface area is 111 Å². The summed E-state index contributed by atoms with van der Waals surface area (Å²) < 4.78 is 14.3. The van der Waals surface area contributed by atoms with Gasteiger partial charge in [-0.2, -0.15) is 0 Å². The van der Waals surface area contributed by atoms with Crippen molar-refractivity contribution < 1.29 is 4.39 Å². The van der Waals surface area contributed by atoms with E-state index in [2.05, 4.69) is 22.9 Å². The molecule has 0 spiro atoms. The van der Waals surface area contributed by atoms with E-state index in [4.69, 9.17) is 5.73 Å². The summed E-state index contributed by atoms with van der Waals surface area (Å²) in [6, 6.07) is 4.73. The lowest BCUT2D eigenvalue weighted by molar-refractivity contribution is 0.538. The van der Waals surface area contributed by atoms with E-state index < -0.39 is 0 Å². The Balaban J connectivity index is 0.00000225. The minimum Gasteiger partial charge on any atom is -0.324 e. The number of hydrogen-bond acceptors (Lipinski definition) is 1. The van der Waals surface area contributed by atoms with Crippen LogP contribution >= 0.6 is 28.3 Å². The summed E-state index contributed by atoms with van der Waals surface area (Å²) in [4.78, 5) is 0. The molecule has 0 saturated heterocycles. The van der Waals surface area contributed by atoms with Crippen LogP contribution in [0.15, 0.2) is 22.7 Å². The molecule has 1 nitrogen and oxygen atoms in total. The molecule has 0 bridgehead atoms. The van der Waals surface area contributed by atoms with Crippen molar-refractivity contribution in [2.24, 2.45) is 5.73 Å². The third kappa shape index (κ3) is 4.81. The summed E-state index contributed by atoms with van der Waals surface area (Å²) in [6.07, 6.45) is 4.22. The summed E-state index contributed by atoms with van der Waals surface area (Å²) in [7, 11) is 0. The number of hydrogen-bond donors (Lipinski definition) is 1. The first-order chi connectivity index (χ1) is 7.15. The molecule has 0 aliphatic rings. The monoisotopic (exact) mass is 309 g/mol. The second kappa shape index (κ2) is 8.04.